The van der Waals surface area contributed by atoms with Gasteiger partial charge in [0.05, 0.1) is 5.69 Å². The third-order valence-corrected chi connectivity index (χ3v) is 4.55. The Morgan fingerprint density at radius 3 is 2.73 bits per heavy atom. The number of aliphatic carboxylic acids is 1. The molecular formula is C16H24N2O4. The molecule has 0 aromatic carbocycles. The van der Waals surface area contributed by atoms with Gasteiger partial charge >= 0.3 is 5.97 Å². The second-order valence-electron chi connectivity index (χ2n) is 6.11. The number of carboxylic acid groups (broad SMARTS) is 1. The second-order valence-corrected chi connectivity index (χ2v) is 6.11. The molecule has 0 bridgehead atoms. The molecule has 0 spiro atoms. The molecule has 1 aliphatic rings. The highest BCUT2D eigenvalue weighted by Gasteiger charge is 2.36. The Hall–Kier alpha value is -1.85. The molecule has 2 unspecified atom stereocenters. The lowest BCUT2D eigenvalue weighted by atomic mass is 9.92. The van der Waals surface area contributed by atoms with Crippen molar-refractivity contribution in [3.63, 3.8) is 0 Å². The Balaban J connectivity index is 2.18. The quantitative estimate of drug-likeness (QED) is 0.904. The molecule has 1 aromatic rings. The van der Waals surface area contributed by atoms with Crippen LogP contribution in [0.5, 0.6) is 0 Å². The number of piperidine rings is 1. The molecule has 6 heteroatoms. The summed E-state index contributed by atoms with van der Waals surface area (Å²) in [6, 6.07) is 0.884. The number of carboxylic acids is 1. The predicted molar refractivity (Wildman–Crippen MR) is 80.7 cm³/mol. The van der Waals surface area contributed by atoms with E-state index in [1.165, 1.54) is 4.90 Å². The van der Waals surface area contributed by atoms with E-state index in [2.05, 4.69) is 19.0 Å². The fourth-order valence-corrected chi connectivity index (χ4v) is 3.05. The average molecular weight is 308 g/mol. The number of nitrogens with zero attached hydrogens (tertiary/aromatic N) is 2. The van der Waals surface area contributed by atoms with Crippen molar-refractivity contribution in [3.8, 4) is 0 Å². The summed E-state index contributed by atoms with van der Waals surface area (Å²) in [4.78, 5) is 25.4. The molecule has 22 heavy (non-hydrogen) atoms. The molecule has 1 saturated heterocycles. The van der Waals surface area contributed by atoms with Crippen LogP contribution < -0.4 is 0 Å². The summed E-state index contributed by atoms with van der Waals surface area (Å²) in [6.45, 7) is 6.59. The first-order chi connectivity index (χ1) is 10.5. The largest absolute Gasteiger partial charge is 0.480 e. The summed E-state index contributed by atoms with van der Waals surface area (Å²) in [6.07, 6.45) is 3.14. The van der Waals surface area contributed by atoms with Crippen molar-refractivity contribution in [2.45, 2.75) is 58.4 Å². The van der Waals surface area contributed by atoms with E-state index in [1.807, 2.05) is 6.92 Å². The maximum absolute atomic E-state index is 12.6. The highest BCUT2D eigenvalue weighted by atomic mass is 16.5. The minimum absolute atomic E-state index is 0.141. The molecule has 0 radical (unpaired) electrons. The molecule has 122 valence electrons. The zero-order valence-electron chi connectivity index (χ0n) is 13.4. The number of carbonyl (C=O) groups is 2. The minimum Gasteiger partial charge on any atom is -0.480 e. The second kappa shape index (κ2) is 6.94. The van der Waals surface area contributed by atoms with Gasteiger partial charge < -0.3 is 14.5 Å². The molecule has 2 atom stereocenters. The highest BCUT2D eigenvalue weighted by Crippen LogP contribution is 2.26. The number of amides is 1. The fourth-order valence-electron chi connectivity index (χ4n) is 3.05. The summed E-state index contributed by atoms with van der Waals surface area (Å²) >= 11 is 0. The Morgan fingerprint density at radius 2 is 2.14 bits per heavy atom. The van der Waals surface area contributed by atoms with Crippen LogP contribution in [0.3, 0.4) is 0 Å². The first-order valence-electron chi connectivity index (χ1n) is 7.98. The number of hydrogen-bond donors (Lipinski definition) is 1. The standard InChI is InChI=1S/C16H24N2O4/c1-4-11(5-2)12-9-14(22-17-12)15(19)18-7-6-10(3)8-13(18)16(20)21/h9-11,13H,4-8H2,1-3H3,(H,20,21). The Kier molecular flexibility index (Phi) is 5.21. The van der Waals surface area contributed by atoms with Gasteiger partial charge in [-0.3, -0.25) is 4.79 Å². The van der Waals surface area contributed by atoms with Gasteiger partial charge in [0.1, 0.15) is 6.04 Å². The van der Waals surface area contributed by atoms with Gasteiger partial charge in [-0.15, -0.1) is 0 Å². The van der Waals surface area contributed by atoms with Crippen LogP contribution in [0.15, 0.2) is 10.6 Å². The van der Waals surface area contributed by atoms with E-state index in [0.717, 1.165) is 25.0 Å². The van der Waals surface area contributed by atoms with Crippen molar-refractivity contribution < 1.29 is 19.2 Å². The van der Waals surface area contributed by atoms with Gasteiger partial charge in [-0.2, -0.15) is 0 Å². The average Bonchev–Trinajstić information content (AvgIpc) is 2.97. The van der Waals surface area contributed by atoms with Crippen LogP contribution in [0.25, 0.3) is 0 Å². The number of hydrogen-bond acceptors (Lipinski definition) is 4. The third-order valence-electron chi connectivity index (χ3n) is 4.55. The van der Waals surface area contributed by atoms with Gasteiger partial charge in [-0.25, -0.2) is 4.79 Å². The van der Waals surface area contributed by atoms with Crippen molar-refractivity contribution >= 4 is 11.9 Å². The molecular weight excluding hydrogens is 284 g/mol. The molecule has 0 aliphatic carbocycles. The van der Waals surface area contributed by atoms with Gasteiger partial charge in [0, 0.05) is 18.5 Å². The van der Waals surface area contributed by atoms with Crippen molar-refractivity contribution in [2.24, 2.45) is 5.92 Å². The maximum atomic E-state index is 12.6. The summed E-state index contributed by atoms with van der Waals surface area (Å²) in [5, 5.41) is 13.3. The molecule has 1 aliphatic heterocycles. The molecule has 0 saturated carbocycles. The highest BCUT2D eigenvalue weighted by molar-refractivity contribution is 5.94. The van der Waals surface area contributed by atoms with Gasteiger partial charge in [0.15, 0.2) is 0 Å². The third kappa shape index (κ3) is 3.31. The van der Waals surface area contributed by atoms with Gasteiger partial charge in [0.2, 0.25) is 5.76 Å². The molecule has 1 amide bonds. The first-order valence-corrected chi connectivity index (χ1v) is 7.98. The van der Waals surface area contributed by atoms with E-state index in [1.54, 1.807) is 6.07 Å². The summed E-state index contributed by atoms with van der Waals surface area (Å²) in [5.74, 6) is -0.617. The van der Waals surface area contributed by atoms with E-state index < -0.39 is 12.0 Å². The van der Waals surface area contributed by atoms with Crippen molar-refractivity contribution in [3.05, 3.63) is 17.5 Å². The van der Waals surface area contributed by atoms with Crippen LogP contribution in [-0.4, -0.2) is 39.6 Å². The lowest BCUT2D eigenvalue weighted by molar-refractivity contribution is -0.144. The molecule has 6 nitrogen and oxygen atoms in total. The topological polar surface area (TPSA) is 83.6 Å². The Bertz CT molecular complexity index is 536. The Morgan fingerprint density at radius 1 is 1.45 bits per heavy atom. The van der Waals surface area contributed by atoms with Gasteiger partial charge in [-0.1, -0.05) is 25.9 Å². The number of rotatable bonds is 5. The zero-order valence-corrected chi connectivity index (χ0v) is 13.4. The SMILES string of the molecule is CCC(CC)c1cc(C(=O)N2CCC(C)CC2C(=O)O)on1. The van der Waals surface area contributed by atoms with Crippen LogP contribution >= 0.6 is 0 Å². The predicted octanol–water partition coefficient (Wildman–Crippen LogP) is 2.90. The van der Waals surface area contributed by atoms with Gasteiger partial charge in [-0.05, 0) is 31.6 Å². The van der Waals surface area contributed by atoms with E-state index in [-0.39, 0.29) is 17.6 Å². The molecule has 2 heterocycles. The molecule has 1 fully saturated rings. The maximum Gasteiger partial charge on any atom is 0.326 e. The number of likely N-dealkylation sites (tertiary alicyclic amines) is 1. The molecule has 1 N–H and O–H groups in total. The zero-order chi connectivity index (χ0) is 16.3. The van der Waals surface area contributed by atoms with Crippen molar-refractivity contribution in [1.82, 2.24) is 10.1 Å². The van der Waals surface area contributed by atoms with Crippen LogP contribution in [0.1, 0.15) is 68.6 Å². The lowest BCUT2D eigenvalue weighted by Gasteiger charge is -2.35. The van der Waals surface area contributed by atoms with Gasteiger partial charge in [0.25, 0.3) is 5.91 Å². The Labute approximate surface area is 130 Å². The summed E-state index contributed by atoms with van der Waals surface area (Å²) in [7, 11) is 0. The summed E-state index contributed by atoms with van der Waals surface area (Å²) in [5.41, 5.74) is 0.769. The number of aromatic nitrogens is 1. The van der Waals surface area contributed by atoms with Crippen LogP contribution in [0, 0.1) is 5.92 Å². The van der Waals surface area contributed by atoms with Crippen LogP contribution in [-0.2, 0) is 4.79 Å². The monoisotopic (exact) mass is 308 g/mol. The van der Waals surface area contributed by atoms with E-state index in [0.29, 0.717) is 18.9 Å². The smallest absolute Gasteiger partial charge is 0.326 e. The summed E-state index contributed by atoms with van der Waals surface area (Å²) < 4.78 is 5.19. The van der Waals surface area contributed by atoms with E-state index in [9.17, 15) is 14.7 Å². The first kappa shape index (κ1) is 16.5. The van der Waals surface area contributed by atoms with Crippen molar-refractivity contribution in [2.75, 3.05) is 6.54 Å². The normalized spacial score (nSPS) is 22.1. The molecule has 2 rings (SSSR count). The lowest BCUT2D eigenvalue weighted by Crippen LogP contribution is -2.49. The minimum atomic E-state index is -0.959. The van der Waals surface area contributed by atoms with Crippen LogP contribution in [0.2, 0.25) is 0 Å². The van der Waals surface area contributed by atoms with Crippen molar-refractivity contribution in [1.29, 1.82) is 0 Å². The van der Waals surface area contributed by atoms with E-state index >= 15 is 0 Å². The fraction of sp³-hybridized carbons (Fsp3) is 0.688. The molecule has 1 aromatic heterocycles. The van der Waals surface area contributed by atoms with Crippen LogP contribution in [0.4, 0.5) is 0 Å². The van der Waals surface area contributed by atoms with E-state index in [4.69, 9.17) is 4.52 Å². The number of carbonyl (C=O) groups excluding carboxylic acids is 1.